The maximum atomic E-state index is 6.06. The Labute approximate surface area is 128 Å². The highest BCUT2D eigenvalue weighted by molar-refractivity contribution is 5.31. The van der Waals surface area contributed by atoms with E-state index in [1.165, 1.54) is 36.8 Å². The Kier molecular flexibility index (Phi) is 4.94. The van der Waals surface area contributed by atoms with E-state index in [4.69, 9.17) is 10.6 Å². The minimum absolute atomic E-state index is 0.202. The Balaban J connectivity index is 1.70. The van der Waals surface area contributed by atoms with Gasteiger partial charge in [-0.15, -0.1) is 0 Å². The molecule has 1 saturated carbocycles. The summed E-state index contributed by atoms with van der Waals surface area (Å²) in [7, 11) is 0. The molecule has 21 heavy (non-hydrogen) atoms. The molecule has 116 valence electrons. The molecule has 3 N–H and O–H groups in total. The third-order valence-corrected chi connectivity index (χ3v) is 5.32. The van der Waals surface area contributed by atoms with Crippen LogP contribution in [0.2, 0.25) is 0 Å². The zero-order valence-electron chi connectivity index (χ0n) is 13.1. The van der Waals surface area contributed by atoms with Crippen molar-refractivity contribution in [2.45, 2.75) is 57.6 Å². The normalized spacial score (nSPS) is 30.7. The molecule has 1 aromatic carbocycles. The Bertz CT molecular complexity index is 462. The second kappa shape index (κ2) is 6.91. The highest BCUT2D eigenvalue weighted by Crippen LogP contribution is 2.36. The lowest BCUT2D eigenvalue weighted by atomic mass is 9.76. The van der Waals surface area contributed by atoms with Crippen molar-refractivity contribution in [1.82, 2.24) is 5.43 Å². The zero-order valence-corrected chi connectivity index (χ0v) is 13.1. The van der Waals surface area contributed by atoms with E-state index in [-0.39, 0.29) is 6.10 Å². The Morgan fingerprint density at radius 3 is 3.00 bits per heavy atom. The SMILES string of the molecule is CC1CCCC(C(CC2OCCc3ccccc32)NN)C1. The van der Waals surface area contributed by atoms with Crippen LogP contribution in [0.1, 0.15) is 56.3 Å². The van der Waals surface area contributed by atoms with Gasteiger partial charge < -0.3 is 4.74 Å². The molecule has 0 radical (unpaired) electrons. The third-order valence-electron chi connectivity index (χ3n) is 5.32. The van der Waals surface area contributed by atoms with Crippen LogP contribution in [-0.2, 0) is 11.2 Å². The molecule has 0 aromatic heterocycles. The van der Waals surface area contributed by atoms with Gasteiger partial charge in [-0.1, -0.05) is 44.0 Å². The number of ether oxygens (including phenoxy) is 1. The monoisotopic (exact) mass is 288 g/mol. The molecule has 0 saturated heterocycles. The van der Waals surface area contributed by atoms with Crippen molar-refractivity contribution in [2.75, 3.05) is 6.61 Å². The number of nitrogens with two attached hydrogens (primary N) is 1. The topological polar surface area (TPSA) is 47.3 Å². The molecule has 0 spiro atoms. The largest absolute Gasteiger partial charge is 0.373 e. The highest BCUT2D eigenvalue weighted by atomic mass is 16.5. The van der Waals surface area contributed by atoms with Crippen molar-refractivity contribution in [3.8, 4) is 0 Å². The fourth-order valence-electron chi connectivity index (χ4n) is 4.15. The quantitative estimate of drug-likeness (QED) is 0.660. The van der Waals surface area contributed by atoms with E-state index in [2.05, 4.69) is 36.6 Å². The maximum Gasteiger partial charge on any atom is 0.0843 e. The number of nitrogens with one attached hydrogen (secondary N) is 1. The van der Waals surface area contributed by atoms with Crippen LogP contribution in [0.5, 0.6) is 0 Å². The molecule has 4 unspecified atom stereocenters. The average molecular weight is 288 g/mol. The van der Waals surface area contributed by atoms with Gasteiger partial charge in [0.15, 0.2) is 0 Å². The number of benzene rings is 1. The van der Waals surface area contributed by atoms with E-state index >= 15 is 0 Å². The molecule has 1 aliphatic heterocycles. The second-order valence-electron chi connectivity index (χ2n) is 6.85. The number of rotatable bonds is 4. The van der Waals surface area contributed by atoms with E-state index in [9.17, 15) is 0 Å². The van der Waals surface area contributed by atoms with E-state index in [0.29, 0.717) is 12.0 Å². The summed E-state index contributed by atoms with van der Waals surface area (Å²) in [5, 5.41) is 0. The molecule has 0 amide bonds. The first kappa shape index (κ1) is 15.0. The fourth-order valence-corrected chi connectivity index (χ4v) is 4.15. The van der Waals surface area contributed by atoms with Crippen LogP contribution < -0.4 is 11.3 Å². The molecule has 4 atom stereocenters. The summed E-state index contributed by atoms with van der Waals surface area (Å²) in [6.45, 7) is 3.20. The van der Waals surface area contributed by atoms with Crippen molar-refractivity contribution in [2.24, 2.45) is 17.7 Å². The number of hydrogen-bond acceptors (Lipinski definition) is 3. The van der Waals surface area contributed by atoms with Gasteiger partial charge in [0, 0.05) is 6.04 Å². The van der Waals surface area contributed by atoms with Crippen molar-refractivity contribution in [3.05, 3.63) is 35.4 Å². The fraction of sp³-hybridized carbons (Fsp3) is 0.667. The summed E-state index contributed by atoms with van der Waals surface area (Å²) in [6.07, 6.45) is 7.53. The first-order valence-electron chi connectivity index (χ1n) is 8.43. The smallest absolute Gasteiger partial charge is 0.0843 e. The van der Waals surface area contributed by atoms with E-state index in [1.807, 2.05) is 0 Å². The van der Waals surface area contributed by atoms with Gasteiger partial charge in [-0.25, -0.2) is 0 Å². The van der Waals surface area contributed by atoms with Crippen molar-refractivity contribution in [3.63, 3.8) is 0 Å². The van der Waals surface area contributed by atoms with E-state index in [0.717, 1.165) is 25.4 Å². The molecule has 0 bridgehead atoms. The minimum atomic E-state index is 0.202. The Hall–Kier alpha value is -0.900. The Morgan fingerprint density at radius 1 is 1.33 bits per heavy atom. The number of fused-ring (bicyclic) bond motifs is 1. The molecule has 1 aromatic rings. The number of hydrazine groups is 1. The van der Waals surface area contributed by atoms with Crippen LogP contribution in [0.3, 0.4) is 0 Å². The van der Waals surface area contributed by atoms with Crippen LogP contribution in [0.25, 0.3) is 0 Å². The summed E-state index contributed by atoms with van der Waals surface area (Å²) in [6, 6.07) is 9.06. The maximum absolute atomic E-state index is 6.06. The van der Waals surface area contributed by atoms with Gasteiger partial charge >= 0.3 is 0 Å². The lowest BCUT2D eigenvalue weighted by molar-refractivity contribution is 0.0211. The molecule has 1 heterocycles. The average Bonchev–Trinajstić information content (AvgIpc) is 2.52. The third kappa shape index (κ3) is 3.47. The van der Waals surface area contributed by atoms with Crippen molar-refractivity contribution < 1.29 is 4.74 Å². The molecule has 1 aliphatic carbocycles. The van der Waals surface area contributed by atoms with Crippen LogP contribution >= 0.6 is 0 Å². The van der Waals surface area contributed by atoms with Crippen molar-refractivity contribution in [1.29, 1.82) is 0 Å². The summed E-state index contributed by atoms with van der Waals surface area (Å²) < 4.78 is 6.06. The first-order chi connectivity index (χ1) is 10.3. The standard InChI is InChI=1S/C18H28N2O/c1-13-5-4-7-15(11-13)17(20-19)12-18-16-8-3-2-6-14(16)9-10-21-18/h2-3,6,8,13,15,17-18,20H,4-5,7,9-12,19H2,1H3. The predicted molar refractivity (Wildman–Crippen MR) is 85.7 cm³/mol. The predicted octanol–water partition coefficient (Wildman–Crippen LogP) is 3.35. The van der Waals surface area contributed by atoms with E-state index < -0.39 is 0 Å². The molecular weight excluding hydrogens is 260 g/mol. The Morgan fingerprint density at radius 2 is 2.19 bits per heavy atom. The lowest BCUT2D eigenvalue weighted by Crippen LogP contribution is -2.44. The van der Waals surface area contributed by atoms with Gasteiger partial charge in [0.1, 0.15) is 0 Å². The number of hydrogen-bond donors (Lipinski definition) is 2. The summed E-state index contributed by atoms with van der Waals surface area (Å²) in [4.78, 5) is 0. The summed E-state index contributed by atoms with van der Waals surface area (Å²) >= 11 is 0. The van der Waals surface area contributed by atoms with Gasteiger partial charge in [0.05, 0.1) is 12.7 Å². The molecular formula is C18H28N2O. The van der Waals surface area contributed by atoms with Crippen molar-refractivity contribution >= 4 is 0 Å². The van der Waals surface area contributed by atoms with Gasteiger partial charge in [0.2, 0.25) is 0 Å². The second-order valence-corrected chi connectivity index (χ2v) is 6.85. The molecule has 2 aliphatic rings. The minimum Gasteiger partial charge on any atom is -0.373 e. The zero-order chi connectivity index (χ0) is 14.7. The van der Waals surface area contributed by atoms with Crippen LogP contribution in [0.15, 0.2) is 24.3 Å². The van der Waals surface area contributed by atoms with Gasteiger partial charge in [0.25, 0.3) is 0 Å². The van der Waals surface area contributed by atoms with Crippen LogP contribution in [0, 0.1) is 11.8 Å². The molecule has 3 rings (SSSR count). The highest BCUT2D eigenvalue weighted by Gasteiger charge is 2.30. The van der Waals surface area contributed by atoms with Gasteiger partial charge in [-0.3, -0.25) is 11.3 Å². The first-order valence-corrected chi connectivity index (χ1v) is 8.43. The molecule has 3 nitrogen and oxygen atoms in total. The molecule has 3 heteroatoms. The van der Waals surface area contributed by atoms with Gasteiger partial charge in [-0.2, -0.15) is 0 Å². The van der Waals surface area contributed by atoms with Crippen LogP contribution in [-0.4, -0.2) is 12.6 Å². The summed E-state index contributed by atoms with van der Waals surface area (Å²) in [5.74, 6) is 7.40. The lowest BCUT2D eigenvalue weighted by Gasteiger charge is -2.36. The van der Waals surface area contributed by atoms with Crippen LogP contribution in [0.4, 0.5) is 0 Å². The molecule has 1 fully saturated rings. The van der Waals surface area contributed by atoms with E-state index in [1.54, 1.807) is 0 Å². The summed E-state index contributed by atoms with van der Waals surface area (Å²) in [5.41, 5.74) is 5.90. The van der Waals surface area contributed by atoms with Gasteiger partial charge in [-0.05, 0) is 48.6 Å².